The second kappa shape index (κ2) is 6.99. The lowest BCUT2D eigenvalue weighted by Gasteiger charge is -2.08. The van der Waals surface area contributed by atoms with E-state index in [2.05, 4.69) is 11.8 Å². The van der Waals surface area contributed by atoms with Crippen molar-refractivity contribution in [2.24, 2.45) is 5.92 Å². The van der Waals surface area contributed by atoms with Crippen LogP contribution in [0.25, 0.3) is 0 Å². The third-order valence-electron chi connectivity index (χ3n) is 2.08. The van der Waals surface area contributed by atoms with Crippen LogP contribution in [0.1, 0.15) is 26.2 Å². The highest BCUT2D eigenvalue weighted by Gasteiger charge is 2.14. The topological polar surface area (TPSA) is 88.5 Å². The molecule has 17 heavy (non-hydrogen) atoms. The summed E-state index contributed by atoms with van der Waals surface area (Å²) in [4.78, 5) is 0. The quantitative estimate of drug-likeness (QED) is 0.422. The van der Waals surface area contributed by atoms with Gasteiger partial charge in [-0.2, -0.15) is 8.42 Å². The number of hydrogen-bond donors (Lipinski definition) is 1. The third-order valence-corrected chi connectivity index (χ3v) is 3.93. The van der Waals surface area contributed by atoms with E-state index in [0.29, 0.717) is 19.3 Å². The normalized spacial score (nSPS) is 13.8. The minimum atomic E-state index is -4.03. The summed E-state index contributed by atoms with van der Waals surface area (Å²) in [6, 6.07) is 0. The highest BCUT2D eigenvalue weighted by molar-refractivity contribution is 7.90. The van der Waals surface area contributed by atoms with Gasteiger partial charge in [-0.1, -0.05) is 12.3 Å². The Bertz CT molecular complexity index is 479. The van der Waals surface area contributed by atoms with Crippen LogP contribution >= 0.6 is 0 Å². The van der Waals surface area contributed by atoms with Crippen molar-refractivity contribution in [3.8, 4) is 11.8 Å². The van der Waals surface area contributed by atoms with E-state index in [1.165, 1.54) is 0 Å². The number of hydrogen-bond acceptors (Lipinski definition) is 4. The van der Waals surface area contributed by atoms with E-state index in [1.807, 2.05) is 0 Å². The summed E-state index contributed by atoms with van der Waals surface area (Å²) >= 11 is 0. The molecule has 0 aliphatic rings. The lowest BCUT2D eigenvalue weighted by molar-refractivity contribution is 0.470. The van der Waals surface area contributed by atoms with Crippen molar-refractivity contribution in [3.05, 3.63) is 0 Å². The molecule has 7 heteroatoms. The molecule has 0 saturated carbocycles. The Labute approximate surface area is 103 Å². The van der Waals surface area contributed by atoms with Crippen molar-refractivity contribution in [2.75, 3.05) is 17.8 Å². The van der Waals surface area contributed by atoms with Gasteiger partial charge in [-0.3, -0.25) is 4.55 Å². The van der Waals surface area contributed by atoms with E-state index >= 15 is 0 Å². The van der Waals surface area contributed by atoms with Gasteiger partial charge in [-0.25, -0.2) is 8.42 Å². The predicted octanol–water partition coefficient (Wildman–Crippen LogP) is 0.729. The molecule has 1 atom stereocenters. The second-order valence-electron chi connectivity index (χ2n) is 3.97. The van der Waals surface area contributed by atoms with E-state index in [4.69, 9.17) is 4.55 Å². The summed E-state index contributed by atoms with van der Waals surface area (Å²) in [5.74, 6) is 4.56. The van der Waals surface area contributed by atoms with Gasteiger partial charge in [0, 0.05) is 17.9 Å². The number of unbranched alkanes of at least 4 members (excludes halogenated alkanes) is 1. The van der Waals surface area contributed by atoms with Crippen molar-refractivity contribution < 1.29 is 21.4 Å². The van der Waals surface area contributed by atoms with Gasteiger partial charge in [0.25, 0.3) is 10.1 Å². The lowest BCUT2D eigenvalue weighted by Crippen LogP contribution is -2.14. The first-order chi connectivity index (χ1) is 7.64. The highest BCUT2D eigenvalue weighted by atomic mass is 32.2. The molecule has 0 aromatic heterocycles. The van der Waals surface area contributed by atoms with Crippen LogP contribution in [0.5, 0.6) is 0 Å². The van der Waals surface area contributed by atoms with E-state index in [1.54, 1.807) is 6.92 Å². The molecular formula is C10H18O5S2. The van der Waals surface area contributed by atoms with Crippen LogP contribution in [-0.4, -0.2) is 39.1 Å². The number of sulfone groups is 1. The molecule has 5 nitrogen and oxygen atoms in total. The first kappa shape index (κ1) is 16.4. The minimum absolute atomic E-state index is 0.0884. The second-order valence-corrected chi connectivity index (χ2v) is 7.72. The summed E-state index contributed by atoms with van der Waals surface area (Å²) in [6.45, 7) is 1.59. The minimum Gasteiger partial charge on any atom is -0.286 e. The van der Waals surface area contributed by atoms with Crippen LogP contribution in [0.15, 0.2) is 0 Å². The zero-order valence-corrected chi connectivity index (χ0v) is 11.6. The monoisotopic (exact) mass is 282 g/mol. The van der Waals surface area contributed by atoms with Gasteiger partial charge in [0.15, 0.2) is 0 Å². The molecule has 0 amide bonds. The highest BCUT2D eigenvalue weighted by Crippen LogP contribution is 2.11. The predicted molar refractivity (Wildman–Crippen MR) is 66.9 cm³/mol. The average Bonchev–Trinajstić information content (AvgIpc) is 2.08. The molecule has 0 fully saturated rings. The fourth-order valence-electron chi connectivity index (χ4n) is 1.41. The molecule has 0 radical (unpaired) electrons. The van der Waals surface area contributed by atoms with Crippen LogP contribution in [-0.2, 0) is 20.0 Å². The fourth-order valence-corrected chi connectivity index (χ4v) is 2.90. The molecule has 0 bridgehead atoms. The zero-order chi connectivity index (χ0) is 13.5. The van der Waals surface area contributed by atoms with Gasteiger partial charge in [-0.05, 0) is 19.8 Å². The molecule has 1 unspecified atom stereocenters. The van der Waals surface area contributed by atoms with E-state index in [9.17, 15) is 16.8 Å². The van der Waals surface area contributed by atoms with E-state index in [-0.39, 0.29) is 5.75 Å². The summed E-state index contributed by atoms with van der Waals surface area (Å²) in [7, 11) is -7.00. The maximum absolute atomic E-state index is 10.9. The van der Waals surface area contributed by atoms with Crippen molar-refractivity contribution in [2.45, 2.75) is 26.2 Å². The molecule has 0 saturated heterocycles. The van der Waals surface area contributed by atoms with Gasteiger partial charge in [0.1, 0.15) is 9.84 Å². The van der Waals surface area contributed by atoms with Crippen molar-refractivity contribution in [3.63, 3.8) is 0 Å². The Morgan fingerprint density at radius 2 is 1.76 bits per heavy atom. The molecule has 0 heterocycles. The summed E-state index contributed by atoms with van der Waals surface area (Å²) in [5.41, 5.74) is 0. The molecular weight excluding hydrogens is 264 g/mol. The Kier molecular flexibility index (Phi) is 6.75. The zero-order valence-electron chi connectivity index (χ0n) is 10.0. The molecule has 0 aliphatic heterocycles. The van der Waals surface area contributed by atoms with Gasteiger partial charge in [-0.15, -0.1) is 5.92 Å². The summed E-state index contributed by atoms with van der Waals surface area (Å²) < 4.78 is 51.8. The smallest absolute Gasteiger partial charge is 0.266 e. The average molecular weight is 282 g/mol. The molecule has 0 aliphatic carbocycles. The van der Waals surface area contributed by atoms with E-state index in [0.717, 1.165) is 6.26 Å². The molecule has 0 aromatic rings. The van der Waals surface area contributed by atoms with Crippen molar-refractivity contribution in [1.82, 2.24) is 0 Å². The maximum atomic E-state index is 10.9. The Hall–Kier alpha value is -0.580. The molecule has 0 spiro atoms. The van der Waals surface area contributed by atoms with Crippen LogP contribution in [0.2, 0.25) is 0 Å². The molecule has 1 N–H and O–H groups in total. The van der Waals surface area contributed by atoms with Crippen LogP contribution in [0.3, 0.4) is 0 Å². The summed E-state index contributed by atoms with van der Waals surface area (Å²) in [5, 5.41) is 0. The maximum Gasteiger partial charge on any atom is 0.266 e. The fraction of sp³-hybridized carbons (Fsp3) is 0.800. The summed E-state index contributed by atoms with van der Waals surface area (Å²) in [6.07, 6.45) is 2.68. The molecule has 0 aromatic carbocycles. The third kappa shape index (κ3) is 11.7. The van der Waals surface area contributed by atoms with Gasteiger partial charge < -0.3 is 0 Å². The van der Waals surface area contributed by atoms with Gasteiger partial charge >= 0.3 is 0 Å². The Morgan fingerprint density at radius 1 is 1.18 bits per heavy atom. The molecule has 100 valence electrons. The van der Waals surface area contributed by atoms with Crippen LogP contribution in [0.4, 0.5) is 0 Å². The van der Waals surface area contributed by atoms with Crippen LogP contribution < -0.4 is 0 Å². The SMILES string of the molecule is CC#CC(CCCCS(C)(=O)=O)CS(=O)(=O)O. The van der Waals surface area contributed by atoms with E-state index < -0.39 is 31.6 Å². The standard InChI is InChI=1S/C10H18O5S2/c1-3-6-10(9-17(13,14)15)7-4-5-8-16(2,11)12/h10H,4-5,7-9H2,1-2H3,(H,13,14,15). The van der Waals surface area contributed by atoms with Gasteiger partial charge in [0.2, 0.25) is 0 Å². The first-order valence-electron chi connectivity index (χ1n) is 5.19. The Balaban J connectivity index is 4.15. The van der Waals surface area contributed by atoms with Crippen molar-refractivity contribution in [1.29, 1.82) is 0 Å². The van der Waals surface area contributed by atoms with Gasteiger partial charge in [0.05, 0.1) is 5.75 Å². The van der Waals surface area contributed by atoms with Crippen molar-refractivity contribution >= 4 is 20.0 Å². The van der Waals surface area contributed by atoms with Crippen LogP contribution in [0, 0.1) is 17.8 Å². The Morgan fingerprint density at radius 3 is 2.18 bits per heavy atom. The number of rotatable bonds is 7. The first-order valence-corrected chi connectivity index (χ1v) is 8.86. The molecule has 0 rings (SSSR count). The largest absolute Gasteiger partial charge is 0.286 e. The lowest BCUT2D eigenvalue weighted by atomic mass is 10.1.